The Kier molecular flexibility index (Phi) is 4.08. The van der Waals surface area contributed by atoms with E-state index in [0.29, 0.717) is 18.9 Å². The number of aromatic nitrogens is 5. The Morgan fingerprint density at radius 3 is 2.83 bits per heavy atom. The van der Waals surface area contributed by atoms with Gasteiger partial charge in [-0.25, -0.2) is 0 Å². The van der Waals surface area contributed by atoms with Crippen molar-refractivity contribution < 1.29 is 4.79 Å². The summed E-state index contributed by atoms with van der Waals surface area (Å²) < 4.78 is 4.14. The molecule has 4 rings (SSSR count). The zero-order valence-corrected chi connectivity index (χ0v) is 14.2. The summed E-state index contributed by atoms with van der Waals surface area (Å²) in [6, 6.07) is 0. The predicted octanol–water partition coefficient (Wildman–Crippen LogP) is 1.53. The Hall–Kier alpha value is -2.18. The molecule has 0 bridgehead atoms. The van der Waals surface area contributed by atoms with Crippen molar-refractivity contribution >= 4 is 5.91 Å². The van der Waals surface area contributed by atoms with Gasteiger partial charge in [0.05, 0.1) is 6.20 Å². The van der Waals surface area contributed by atoms with Crippen LogP contribution in [-0.4, -0.2) is 48.4 Å². The Bertz CT molecular complexity index is 725. The molecule has 24 heavy (non-hydrogen) atoms. The van der Waals surface area contributed by atoms with Gasteiger partial charge >= 0.3 is 0 Å². The van der Waals surface area contributed by atoms with Gasteiger partial charge < -0.3 is 9.47 Å². The Labute approximate surface area is 141 Å². The fourth-order valence-electron chi connectivity index (χ4n) is 3.82. The third-order valence-corrected chi connectivity index (χ3v) is 5.17. The van der Waals surface area contributed by atoms with Gasteiger partial charge in [0, 0.05) is 51.1 Å². The van der Waals surface area contributed by atoms with Gasteiger partial charge in [-0.2, -0.15) is 5.10 Å². The molecule has 7 nitrogen and oxygen atoms in total. The van der Waals surface area contributed by atoms with E-state index in [2.05, 4.69) is 19.9 Å². The van der Waals surface area contributed by atoms with Crippen molar-refractivity contribution in [3.8, 4) is 0 Å². The Balaban J connectivity index is 1.30. The molecule has 0 unspecified atom stereocenters. The van der Waals surface area contributed by atoms with E-state index in [4.69, 9.17) is 0 Å². The maximum absolute atomic E-state index is 12.4. The highest BCUT2D eigenvalue weighted by molar-refractivity contribution is 5.76. The van der Waals surface area contributed by atoms with Crippen LogP contribution in [0.2, 0.25) is 0 Å². The van der Waals surface area contributed by atoms with E-state index in [1.54, 1.807) is 0 Å². The van der Waals surface area contributed by atoms with Gasteiger partial charge in [-0.05, 0) is 31.7 Å². The van der Waals surface area contributed by atoms with E-state index in [1.165, 1.54) is 6.42 Å². The first kappa shape index (κ1) is 15.4. The topological polar surface area (TPSA) is 68.8 Å². The average Bonchev–Trinajstić information content (AvgIpc) is 3.29. The number of hydrogen-bond acceptors (Lipinski definition) is 4. The molecular weight excluding hydrogens is 304 g/mol. The van der Waals surface area contributed by atoms with Crippen LogP contribution in [0.5, 0.6) is 0 Å². The van der Waals surface area contributed by atoms with E-state index in [1.807, 2.05) is 28.9 Å². The zero-order valence-electron chi connectivity index (χ0n) is 14.2. The van der Waals surface area contributed by atoms with Crippen molar-refractivity contribution in [1.82, 2.24) is 29.4 Å². The highest BCUT2D eigenvalue weighted by Gasteiger charge is 2.29. The van der Waals surface area contributed by atoms with Crippen molar-refractivity contribution in [2.45, 2.75) is 58.0 Å². The number of fused-ring (bicyclic) bond motifs is 1. The molecule has 0 aromatic carbocycles. The highest BCUT2D eigenvalue weighted by atomic mass is 16.2. The van der Waals surface area contributed by atoms with Gasteiger partial charge in [-0.15, -0.1) is 10.2 Å². The van der Waals surface area contributed by atoms with Crippen LogP contribution in [0.3, 0.4) is 0 Å². The van der Waals surface area contributed by atoms with E-state index < -0.39 is 0 Å². The summed E-state index contributed by atoms with van der Waals surface area (Å²) in [5.41, 5.74) is 1.13. The molecule has 2 aliphatic heterocycles. The average molecular weight is 328 g/mol. The van der Waals surface area contributed by atoms with Crippen LogP contribution in [0.15, 0.2) is 12.4 Å². The van der Waals surface area contributed by atoms with E-state index >= 15 is 0 Å². The molecule has 1 amide bonds. The summed E-state index contributed by atoms with van der Waals surface area (Å²) in [7, 11) is 0. The number of carbonyl (C=O) groups excluding carboxylic acids is 1. The van der Waals surface area contributed by atoms with Crippen LogP contribution in [0.1, 0.15) is 48.8 Å². The van der Waals surface area contributed by atoms with E-state index in [9.17, 15) is 4.79 Å². The van der Waals surface area contributed by atoms with Crippen molar-refractivity contribution in [2.75, 3.05) is 13.1 Å². The fraction of sp³-hybridized carbons (Fsp3) is 0.647. The first-order valence-corrected chi connectivity index (χ1v) is 8.89. The molecule has 0 radical (unpaired) electrons. The highest BCUT2D eigenvalue weighted by Crippen LogP contribution is 2.29. The molecule has 0 N–H and O–H groups in total. The molecule has 0 saturated carbocycles. The number of carbonyl (C=O) groups is 1. The molecule has 1 fully saturated rings. The number of aryl methyl sites for hydroxylation is 3. The number of piperidine rings is 1. The molecule has 2 aromatic heterocycles. The van der Waals surface area contributed by atoms with Gasteiger partial charge in [0.1, 0.15) is 11.6 Å². The van der Waals surface area contributed by atoms with Crippen molar-refractivity contribution in [2.24, 2.45) is 0 Å². The molecule has 0 aliphatic carbocycles. The maximum Gasteiger partial charge on any atom is 0.224 e. The summed E-state index contributed by atoms with van der Waals surface area (Å²) in [5, 5.41) is 13.0. The second-order valence-corrected chi connectivity index (χ2v) is 6.92. The molecule has 2 aliphatic rings. The minimum absolute atomic E-state index is 0.230. The number of nitrogens with zero attached hydrogens (tertiary/aromatic N) is 6. The normalized spacial score (nSPS) is 18.1. The molecule has 128 valence electrons. The number of amides is 1. The summed E-state index contributed by atoms with van der Waals surface area (Å²) in [4.78, 5) is 14.4. The van der Waals surface area contributed by atoms with Gasteiger partial charge in [-0.3, -0.25) is 9.48 Å². The molecular formula is C17H24N6O. The second kappa shape index (κ2) is 6.37. The number of rotatable bonds is 4. The lowest BCUT2D eigenvalue weighted by atomic mass is 9.95. The lowest BCUT2D eigenvalue weighted by molar-refractivity contribution is -0.132. The smallest absolute Gasteiger partial charge is 0.224 e. The molecule has 7 heteroatoms. The number of likely N-dealkylation sites (tertiary alicyclic amines) is 1. The van der Waals surface area contributed by atoms with Gasteiger partial charge in [0.15, 0.2) is 0 Å². The Morgan fingerprint density at radius 2 is 2.08 bits per heavy atom. The second-order valence-electron chi connectivity index (χ2n) is 6.92. The lowest BCUT2D eigenvalue weighted by Gasteiger charge is -2.31. The maximum atomic E-state index is 12.4. The molecule has 4 heterocycles. The summed E-state index contributed by atoms with van der Waals surface area (Å²) >= 11 is 0. The molecule has 0 spiro atoms. The van der Waals surface area contributed by atoms with Crippen LogP contribution < -0.4 is 0 Å². The SMILES string of the molecule is Cc1cnn(CCC(=O)N2CCC(c3nnc4n3CCC4)CC2)c1. The van der Waals surface area contributed by atoms with Gasteiger partial charge in [0.2, 0.25) is 5.91 Å². The fourth-order valence-corrected chi connectivity index (χ4v) is 3.82. The lowest BCUT2D eigenvalue weighted by Crippen LogP contribution is -2.38. The van der Waals surface area contributed by atoms with Crippen LogP contribution in [0.4, 0.5) is 0 Å². The van der Waals surface area contributed by atoms with Crippen molar-refractivity contribution in [1.29, 1.82) is 0 Å². The summed E-state index contributed by atoms with van der Waals surface area (Å²) in [5.74, 6) is 2.95. The predicted molar refractivity (Wildman–Crippen MR) is 88.5 cm³/mol. The summed E-state index contributed by atoms with van der Waals surface area (Å²) in [6.07, 6.45) is 8.54. The third-order valence-electron chi connectivity index (χ3n) is 5.17. The van der Waals surface area contributed by atoms with Crippen LogP contribution >= 0.6 is 0 Å². The van der Waals surface area contributed by atoms with Crippen LogP contribution in [0.25, 0.3) is 0 Å². The quantitative estimate of drug-likeness (QED) is 0.853. The van der Waals surface area contributed by atoms with Gasteiger partial charge in [0.25, 0.3) is 0 Å². The zero-order chi connectivity index (χ0) is 16.5. The van der Waals surface area contributed by atoms with Crippen LogP contribution in [0, 0.1) is 6.92 Å². The first-order chi connectivity index (χ1) is 11.7. The molecule has 2 aromatic rings. The largest absolute Gasteiger partial charge is 0.343 e. The first-order valence-electron chi connectivity index (χ1n) is 8.89. The monoisotopic (exact) mass is 328 g/mol. The summed E-state index contributed by atoms with van der Waals surface area (Å²) in [6.45, 7) is 5.37. The minimum atomic E-state index is 0.230. The van der Waals surface area contributed by atoms with Crippen molar-refractivity contribution in [3.05, 3.63) is 29.6 Å². The van der Waals surface area contributed by atoms with Crippen LogP contribution in [-0.2, 0) is 24.3 Å². The Morgan fingerprint density at radius 1 is 1.25 bits per heavy atom. The van der Waals surface area contributed by atoms with Gasteiger partial charge in [-0.1, -0.05) is 0 Å². The minimum Gasteiger partial charge on any atom is -0.343 e. The molecule has 1 saturated heterocycles. The standard InChI is InChI=1S/C17H24N6O/c1-13-11-18-22(12-13)10-6-16(24)21-8-4-14(5-9-21)17-20-19-15-3-2-7-23(15)17/h11-12,14H,2-10H2,1H3. The van der Waals surface area contributed by atoms with E-state index in [-0.39, 0.29) is 5.91 Å². The number of hydrogen-bond donors (Lipinski definition) is 0. The van der Waals surface area contributed by atoms with Crippen molar-refractivity contribution in [3.63, 3.8) is 0 Å². The van der Waals surface area contributed by atoms with E-state index in [0.717, 1.165) is 56.1 Å². The molecule has 0 atom stereocenters. The third kappa shape index (κ3) is 2.95.